The van der Waals surface area contributed by atoms with E-state index in [-0.39, 0.29) is 0 Å². The Balaban J connectivity index is 3.29. The molecule has 1 aromatic rings. The van der Waals surface area contributed by atoms with Gasteiger partial charge in [0.1, 0.15) is 6.10 Å². The summed E-state index contributed by atoms with van der Waals surface area (Å²) in [4.78, 5) is 24.1. The van der Waals surface area contributed by atoms with Gasteiger partial charge in [0.15, 0.2) is 6.23 Å². The lowest BCUT2D eigenvalue weighted by atomic mass is 10.3. The molecule has 0 aromatic carbocycles. The van der Waals surface area contributed by atoms with Gasteiger partial charge in [-0.05, 0) is 6.92 Å². The van der Waals surface area contributed by atoms with Crippen molar-refractivity contribution in [2.24, 2.45) is 0 Å². The molecule has 0 saturated heterocycles. The number of alkyl halides is 2. The van der Waals surface area contributed by atoms with Gasteiger partial charge in [-0.1, -0.05) is 11.6 Å². The predicted octanol–water partition coefficient (Wildman–Crippen LogP) is -0.531. The van der Waals surface area contributed by atoms with Crippen molar-refractivity contribution in [2.75, 3.05) is 13.2 Å². The second kappa shape index (κ2) is 6.44. The van der Waals surface area contributed by atoms with Crippen LogP contribution in [0.25, 0.3) is 0 Å². The van der Waals surface area contributed by atoms with E-state index >= 15 is 0 Å². The first kappa shape index (κ1) is 16.8. The number of H-pyrrole nitrogens is 1. The number of hydrogen-bond acceptors (Lipinski definition) is 5. The lowest BCUT2D eigenvalue weighted by Gasteiger charge is -2.29. The molecule has 0 spiro atoms. The predicted molar refractivity (Wildman–Crippen MR) is 64.7 cm³/mol. The van der Waals surface area contributed by atoms with Crippen molar-refractivity contribution in [3.8, 4) is 0 Å². The van der Waals surface area contributed by atoms with E-state index in [2.05, 4.69) is 0 Å². The first-order chi connectivity index (χ1) is 9.20. The summed E-state index contributed by atoms with van der Waals surface area (Å²) in [5.74, 6) is -1.34. The molecule has 1 heterocycles. The van der Waals surface area contributed by atoms with E-state index in [1.54, 1.807) is 4.98 Å². The second-order valence-electron chi connectivity index (χ2n) is 4.08. The fourth-order valence-corrected chi connectivity index (χ4v) is 1.55. The number of halogens is 3. The average Bonchev–Trinajstić information content (AvgIpc) is 2.34. The SMILES string of the molecule is CC(F)(Cl)C(OC(CO)CO)n1cc(F)c(=O)[nH]c1=O. The van der Waals surface area contributed by atoms with Gasteiger partial charge in [0.2, 0.25) is 10.9 Å². The third-order valence-corrected chi connectivity index (χ3v) is 2.53. The number of aromatic amines is 1. The van der Waals surface area contributed by atoms with Gasteiger partial charge >= 0.3 is 5.69 Å². The lowest BCUT2D eigenvalue weighted by molar-refractivity contribution is -0.132. The normalized spacial score (nSPS) is 16.1. The number of aliphatic hydroxyl groups excluding tert-OH is 2. The van der Waals surface area contributed by atoms with Crippen LogP contribution in [0.2, 0.25) is 0 Å². The number of ether oxygens (including phenoxy) is 1. The van der Waals surface area contributed by atoms with Crippen LogP contribution in [-0.2, 0) is 4.74 Å². The highest BCUT2D eigenvalue weighted by molar-refractivity contribution is 6.22. The van der Waals surface area contributed by atoms with E-state index in [0.29, 0.717) is 10.8 Å². The molecule has 0 amide bonds. The molecule has 20 heavy (non-hydrogen) atoms. The first-order valence-electron chi connectivity index (χ1n) is 5.46. The maximum atomic E-state index is 13.9. The largest absolute Gasteiger partial charge is 0.394 e. The molecule has 1 rings (SSSR count). The van der Waals surface area contributed by atoms with Crippen molar-refractivity contribution < 1.29 is 23.7 Å². The van der Waals surface area contributed by atoms with Crippen molar-refractivity contribution in [3.05, 3.63) is 32.9 Å². The van der Waals surface area contributed by atoms with Crippen LogP contribution in [0.1, 0.15) is 13.2 Å². The molecule has 0 aliphatic carbocycles. The first-order valence-corrected chi connectivity index (χ1v) is 5.84. The lowest BCUT2D eigenvalue weighted by Crippen LogP contribution is -2.43. The molecular formula is C10H13ClF2N2O5. The van der Waals surface area contributed by atoms with Crippen LogP contribution in [0.15, 0.2) is 15.8 Å². The second-order valence-corrected chi connectivity index (χ2v) is 4.81. The fraction of sp³-hybridized carbons (Fsp3) is 0.600. The molecule has 3 N–H and O–H groups in total. The van der Waals surface area contributed by atoms with Crippen LogP contribution >= 0.6 is 11.6 Å². The molecular weight excluding hydrogens is 302 g/mol. The van der Waals surface area contributed by atoms with Crippen LogP contribution in [0.5, 0.6) is 0 Å². The van der Waals surface area contributed by atoms with Gasteiger partial charge in [-0.3, -0.25) is 14.3 Å². The third kappa shape index (κ3) is 3.85. The smallest absolute Gasteiger partial charge is 0.330 e. The van der Waals surface area contributed by atoms with Crippen LogP contribution in [0, 0.1) is 5.82 Å². The maximum absolute atomic E-state index is 13.9. The van der Waals surface area contributed by atoms with Crippen molar-refractivity contribution in [1.82, 2.24) is 9.55 Å². The minimum absolute atomic E-state index is 0.391. The fourth-order valence-electron chi connectivity index (χ4n) is 1.39. The summed E-state index contributed by atoms with van der Waals surface area (Å²) >= 11 is 5.43. The number of hydrogen-bond donors (Lipinski definition) is 3. The molecule has 2 atom stereocenters. The minimum atomic E-state index is -2.67. The van der Waals surface area contributed by atoms with Crippen LogP contribution < -0.4 is 11.2 Å². The van der Waals surface area contributed by atoms with E-state index in [4.69, 9.17) is 26.6 Å². The van der Waals surface area contributed by atoms with Crippen LogP contribution in [-0.4, -0.2) is 44.2 Å². The molecule has 0 fully saturated rings. The van der Waals surface area contributed by atoms with Crippen molar-refractivity contribution >= 4 is 11.6 Å². The van der Waals surface area contributed by atoms with Gasteiger partial charge in [-0.25, -0.2) is 9.18 Å². The maximum Gasteiger partial charge on any atom is 0.330 e. The zero-order valence-electron chi connectivity index (χ0n) is 10.3. The number of nitrogens with one attached hydrogen (secondary N) is 1. The summed E-state index contributed by atoms with van der Waals surface area (Å²) in [7, 11) is 0. The molecule has 0 radical (unpaired) electrons. The van der Waals surface area contributed by atoms with Gasteiger partial charge in [-0.2, -0.15) is 4.39 Å². The number of rotatable bonds is 6. The van der Waals surface area contributed by atoms with Crippen molar-refractivity contribution in [3.63, 3.8) is 0 Å². The molecule has 0 aliphatic rings. The Labute approximate surface area is 116 Å². The number of nitrogens with zero attached hydrogens (tertiary/aromatic N) is 1. The summed E-state index contributed by atoms with van der Waals surface area (Å²) in [6, 6.07) is 0. The Morgan fingerprint density at radius 1 is 1.50 bits per heavy atom. The summed E-state index contributed by atoms with van der Waals surface area (Å²) in [6.07, 6.45) is -2.68. The summed E-state index contributed by atoms with van der Waals surface area (Å²) in [5.41, 5.74) is -2.43. The topological polar surface area (TPSA) is 105 Å². The van der Waals surface area contributed by atoms with Crippen molar-refractivity contribution in [1.29, 1.82) is 0 Å². The summed E-state index contributed by atoms with van der Waals surface area (Å²) in [6.45, 7) is -0.526. The highest BCUT2D eigenvalue weighted by Gasteiger charge is 2.37. The molecule has 2 unspecified atom stereocenters. The molecule has 7 nitrogen and oxygen atoms in total. The Morgan fingerprint density at radius 3 is 2.50 bits per heavy atom. The van der Waals surface area contributed by atoms with E-state index in [9.17, 15) is 18.4 Å². The zero-order valence-corrected chi connectivity index (χ0v) is 11.1. The Hall–Kier alpha value is -1.29. The molecule has 1 aromatic heterocycles. The van der Waals surface area contributed by atoms with E-state index in [0.717, 1.165) is 6.92 Å². The van der Waals surface area contributed by atoms with E-state index in [1.807, 2.05) is 0 Å². The van der Waals surface area contributed by atoms with Crippen molar-refractivity contribution in [2.45, 2.75) is 24.4 Å². The Bertz CT molecular complexity index is 564. The molecule has 0 bridgehead atoms. The van der Waals surface area contributed by atoms with Gasteiger partial charge < -0.3 is 14.9 Å². The molecule has 0 aliphatic heterocycles. The minimum Gasteiger partial charge on any atom is -0.394 e. The summed E-state index contributed by atoms with van der Waals surface area (Å²) in [5, 5.41) is 15.1. The zero-order chi connectivity index (χ0) is 15.5. The van der Waals surface area contributed by atoms with Crippen LogP contribution in [0.4, 0.5) is 8.78 Å². The van der Waals surface area contributed by atoms with Gasteiger partial charge in [0.25, 0.3) is 5.56 Å². The highest BCUT2D eigenvalue weighted by Crippen LogP contribution is 2.32. The average molecular weight is 315 g/mol. The quantitative estimate of drug-likeness (QED) is 0.612. The third-order valence-electron chi connectivity index (χ3n) is 2.34. The van der Waals surface area contributed by atoms with Crippen LogP contribution in [0.3, 0.4) is 0 Å². The van der Waals surface area contributed by atoms with E-state index in [1.165, 1.54) is 0 Å². The number of aromatic nitrogens is 2. The summed E-state index contributed by atoms with van der Waals surface area (Å²) < 4.78 is 32.4. The Morgan fingerprint density at radius 2 is 2.05 bits per heavy atom. The molecule has 0 saturated carbocycles. The monoisotopic (exact) mass is 314 g/mol. The number of aliphatic hydroxyl groups is 2. The molecule has 114 valence electrons. The standard InChI is InChI=1S/C10H13ClF2N2O5/c1-10(11,13)8(20-5(3-16)4-17)15-2-6(12)7(18)14-9(15)19/h2,5,8,16-17H,3-4H2,1H3,(H,14,18,19). The Kier molecular flexibility index (Phi) is 5.40. The van der Waals surface area contributed by atoms with Gasteiger partial charge in [0.05, 0.1) is 19.4 Å². The van der Waals surface area contributed by atoms with Gasteiger partial charge in [-0.15, -0.1) is 0 Å². The van der Waals surface area contributed by atoms with E-state index < -0.39 is 47.7 Å². The van der Waals surface area contributed by atoms with Gasteiger partial charge in [0, 0.05) is 0 Å². The highest BCUT2D eigenvalue weighted by atomic mass is 35.5. The molecule has 10 heteroatoms.